The lowest BCUT2D eigenvalue weighted by Gasteiger charge is -2.26. The van der Waals surface area contributed by atoms with Gasteiger partial charge >= 0.3 is 0 Å². The number of pyridine rings is 1. The highest BCUT2D eigenvalue weighted by Gasteiger charge is 2.42. The maximum Gasteiger partial charge on any atom is 0.255 e. The monoisotopic (exact) mass is 504 g/mol. The molecule has 2 aromatic rings. The van der Waals surface area contributed by atoms with E-state index in [0.717, 1.165) is 76.1 Å². The second-order valence-electron chi connectivity index (χ2n) is 11.4. The fraction of sp³-hybridized carbons (Fsp3) is 0.567. The lowest BCUT2D eigenvalue weighted by atomic mass is 10.0. The summed E-state index contributed by atoms with van der Waals surface area (Å²) < 4.78 is 1.56. The molecule has 3 atom stereocenters. The van der Waals surface area contributed by atoms with Crippen LogP contribution in [0.5, 0.6) is 0 Å². The van der Waals surface area contributed by atoms with Crippen LogP contribution in [-0.4, -0.2) is 58.9 Å². The number of nitrogens with one attached hydrogen (secondary N) is 1. The van der Waals surface area contributed by atoms with Gasteiger partial charge in [-0.15, -0.1) is 0 Å². The fourth-order valence-corrected chi connectivity index (χ4v) is 6.69. The number of hydrogen-bond donors (Lipinski definition) is 1. The van der Waals surface area contributed by atoms with Crippen LogP contribution in [0, 0.1) is 31.6 Å². The summed E-state index contributed by atoms with van der Waals surface area (Å²) in [5.41, 5.74) is 3.26. The molecule has 2 amide bonds. The third-order valence-corrected chi connectivity index (χ3v) is 8.97. The topological polar surface area (TPSA) is 74.7 Å². The maximum atomic E-state index is 13.4. The van der Waals surface area contributed by atoms with E-state index in [-0.39, 0.29) is 29.3 Å². The molecule has 0 bridgehead atoms. The van der Waals surface area contributed by atoms with E-state index < -0.39 is 0 Å². The zero-order valence-corrected chi connectivity index (χ0v) is 22.4. The van der Waals surface area contributed by atoms with Gasteiger partial charge in [0.1, 0.15) is 0 Å². The van der Waals surface area contributed by atoms with E-state index in [1.807, 2.05) is 36.9 Å². The predicted molar refractivity (Wildman–Crippen MR) is 144 cm³/mol. The average Bonchev–Trinajstić information content (AvgIpc) is 3.63. The molecule has 2 saturated heterocycles. The van der Waals surface area contributed by atoms with E-state index in [0.29, 0.717) is 17.4 Å². The summed E-state index contributed by atoms with van der Waals surface area (Å²) in [6.45, 7) is 8.15. The van der Waals surface area contributed by atoms with Gasteiger partial charge < -0.3 is 19.7 Å². The van der Waals surface area contributed by atoms with Crippen LogP contribution in [0.2, 0.25) is 0 Å². The Morgan fingerprint density at radius 1 is 1.00 bits per heavy atom. The molecule has 198 valence electrons. The van der Waals surface area contributed by atoms with Gasteiger partial charge in [-0.1, -0.05) is 43.2 Å². The van der Waals surface area contributed by atoms with Crippen molar-refractivity contribution in [2.45, 2.75) is 52.0 Å². The van der Waals surface area contributed by atoms with Gasteiger partial charge in [-0.05, 0) is 56.1 Å². The summed E-state index contributed by atoms with van der Waals surface area (Å²) in [6, 6.07) is 11.9. The number of likely N-dealkylation sites (tertiary alicyclic amines) is 2. The summed E-state index contributed by atoms with van der Waals surface area (Å²) in [5, 5.41) is 3.37. The molecule has 37 heavy (non-hydrogen) atoms. The highest BCUT2D eigenvalue weighted by atomic mass is 16.2. The van der Waals surface area contributed by atoms with E-state index in [2.05, 4.69) is 22.3 Å². The Morgan fingerprint density at radius 2 is 1.65 bits per heavy atom. The minimum atomic E-state index is -0.0753. The summed E-state index contributed by atoms with van der Waals surface area (Å²) in [6.07, 6.45) is 5.23. The van der Waals surface area contributed by atoms with Crippen molar-refractivity contribution < 1.29 is 9.59 Å². The van der Waals surface area contributed by atoms with Crippen molar-refractivity contribution in [3.05, 3.63) is 69.1 Å². The number of fused-ring (bicyclic) bond motifs is 1. The number of nitrogens with zero attached hydrogens (tertiary/aromatic N) is 3. The van der Waals surface area contributed by atoms with Crippen LogP contribution in [0.4, 0.5) is 0 Å². The Bertz CT molecular complexity index is 1190. The molecule has 7 nitrogen and oxygen atoms in total. The van der Waals surface area contributed by atoms with Crippen LogP contribution in [0.3, 0.4) is 0 Å². The van der Waals surface area contributed by atoms with Crippen LogP contribution in [0.15, 0.2) is 41.2 Å². The highest BCUT2D eigenvalue weighted by molar-refractivity contribution is 5.96. The Labute approximate surface area is 219 Å². The molecule has 1 aliphatic carbocycles. The molecule has 1 aromatic carbocycles. The first-order chi connectivity index (χ1) is 17.8. The average molecular weight is 505 g/mol. The normalized spacial score (nSPS) is 22.8. The second kappa shape index (κ2) is 10.8. The van der Waals surface area contributed by atoms with Gasteiger partial charge in [-0.2, -0.15) is 0 Å². The zero-order valence-electron chi connectivity index (χ0n) is 22.4. The summed E-state index contributed by atoms with van der Waals surface area (Å²) >= 11 is 0. The van der Waals surface area contributed by atoms with Crippen LogP contribution in [0.25, 0.3) is 0 Å². The third-order valence-electron chi connectivity index (χ3n) is 8.97. The van der Waals surface area contributed by atoms with Crippen molar-refractivity contribution in [3.63, 3.8) is 0 Å². The number of carbonyl (C=O) groups is 2. The second-order valence-corrected chi connectivity index (χ2v) is 11.4. The standard InChI is InChI=1S/C30H40N4O3/c1-20-15-27(35)32(3)21(2)28(20)30(37)34-18-24-16-33(17-25(24)19-34)14-13-26(22-9-5-4-6-10-22)31-29(36)23-11-7-8-12-23/h4-6,9-10,15,23-26H,7-8,11-14,16-19H2,1-3H3,(H,31,36)/t24?,25?,26-/m0/s1. The Kier molecular flexibility index (Phi) is 7.52. The van der Waals surface area contributed by atoms with Crippen molar-refractivity contribution in [3.8, 4) is 0 Å². The van der Waals surface area contributed by atoms with E-state index in [1.165, 1.54) is 5.56 Å². The largest absolute Gasteiger partial charge is 0.349 e. The van der Waals surface area contributed by atoms with Gasteiger partial charge in [0.2, 0.25) is 5.91 Å². The van der Waals surface area contributed by atoms with Crippen molar-refractivity contribution in [1.82, 2.24) is 19.7 Å². The molecule has 0 radical (unpaired) electrons. The molecule has 2 aliphatic heterocycles. The lowest BCUT2D eigenvalue weighted by molar-refractivity contribution is -0.125. The molecule has 3 heterocycles. The van der Waals surface area contributed by atoms with Gasteiger partial charge in [-0.3, -0.25) is 14.4 Å². The number of aryl methyl sites for hydroxylation is 1. The molecule has 7 heteroatoms. The number of carbonyl (C=O) groups excluding carboxylic acids is 2. The number of rotatable bonds is 7. The van der Waals surface area contributed by atoms with Gasteiger partial charge in [0, 0.05) is 57.4 Å². The first-order valence-electron chi connectivity index (χ1n) is 13.9. The number of benzene rings is 1. The Morgan fingerprint density at radius 3 is 2.30 bits per heavy atom. The van der Waals surface area contributed by atoms with E-state index in [9.17, 15) is 14.4 Å². The summed E-state index contributed by atoms with van der Waals surface area (Å²) in [4.78, 5) is 42.9. The third kappa shape index (κ3) is 5.37. The van der Waals surface area contributed by atoms with Crippen molar-refractivity contribution in [2.24, 2.45) is 24.8 Å². The summed E-state index contributed by atoms with van der Waals surface area (Å²) in [7, 11) is 1.73. The molecule has 1 N–H and O–H groups in total. The van der Waals surface area contributed by atoms with Crippen LogP contribution in [0.1, 0.15) is 65.3 Å². The lowest BCUT2D eigenvalue weighted by Crippen LogP contribution is -2.37. The van der Waals surface area contributed by atoms with Crippen molar-refractivity contribution in [1.29, 1.82) is 0 Å². The van der Waals surface area contributed by atoms with Gasteiger partial charge in [0.25, 0.3) is 11.5 Å². The number of aromatic nitrogens is 1. The smallest absolute Gasteiger partial charge is 0.255 e. The van der Waals surface area contributed by atoms with Gasteiger partial charge in [0.05, 0.1) is 11.6 Å². The van der Waals surface area contributed by atoms with Crippen LogP contribution >= 0.6 is 0 Å². The summed E-state index contributed by atoms with van der Waals surface area (Å²) in [5.74, 6) is 1.37. The van der Waals surface area contributed by atoms with E-state index in [1.54, 1.807) is 17.7 Å². The first-order valence-corrected chi connectivity index (χ1v) is 13.9. The van der Waals surface area contributed by atoms with Crippen LogP contribution in [-0.2, 0) is 11.8 Å². The van der Waals surface area contributed by atoms with Gasteiger partial charge in [0.15, 0.2) is 0 Å². The quantitative estimate of drug-likeness (QED) is 0.627. The van der Waals surface area contributed by atoms with E-state index in [4.69, 9.17) is 0 Å². The molecule has 1 saturated carbocycles. The zero-order chi connectivity index (χ0) is 26.1. The molecule has 0 spiro atoms. The Hall–Kier alpha value is -2.93. The van der Waals surface area contributed by atoms with Crippen LogP contribution < -0.4 is 10.9 Å². The maximum absolute atomic E-state index is 13.4. The number of hydrogen-bond acceptors (Lipinski definition) is 4. The fourth-order valence-electron chi connectivity index (χ4n) is 6.69. The van der Waals surface area contributed by atoms with Crippen molar-refractivity contribution in [2.75, 3.05) is 32.7 Å². The molecular formula is C30H40N4O3. The minimum Gasteiger partial charge on any atom is -0.349 e. The molecule has 5 rings (SSSR count). The minimum absolute atomic E-state index is 0.0310. The predicted octanol–water partition coefficient (Wildman–Crippen LogP) is 3.44. The Balaban J connectivity index is 1.18. The molecule has 3 aliphatic rings. The first kappa shape index (κ1) is 25.7. The molecule has 2 unspecified atom stereocenters. The molecule has 3 fully saturated rings. The van der Waals surface area contributed by atoms with Gasteiger partial charge in [-0.25, -0.2) is 0 Å². The molecule has 1 aromatic heterocycles. The molecular weight excluding hydrogens is 464 g/mol. The SMILES string of the molecule is Cc1cc(=O)n(C)c(C)c1C(=O)N1CC2CN(CC[C@H](NC(=O)C3CCCC3)c3ccccc3)CC2C1. The number of amides is 2. The highest BCUT2D eigenvalue weighted by Crippen LogP contribution is 2.33. The van der Waals surface area contributed by atoms with Crippen molar-refractivity contribution >= 4 is 11.8 Å². The van der Waals surface area contributed by atoms with E-state index >= 15 is 0 Å².